The Bertz CT molecular complexity index is 1220. The van der Waals surface area contributed by atoms with Gasteiger partial charge in [-0.2, -0.15) is 0 Å². The fourth-order valence-corrected chi connectivity index (χ4v) is 8.31. The molecule has 0 aromatic heterocycles. The van der Waals surface area contributed by atoms with E-state index in [1.807, 2.05) is 6.07 Å². The molecule has 0 bridgehead atoms. The molecule has 4 aliphatic carbocycles. The van der Waals surface area contributed by atoms with E-state index >= 15 is 0 Å². The zero-order chi connectivity index (χ0) is 27.8. The van der Waals surface area contributed by atoms with Crippen molar-refractivity contribution in [3.05, 3.63) is 47.5 Å². The summed E-state index contributed by atoms with van der Waals surface area (Å²) in [6.45, 7) is 4.34. The number of terminal acetylenes is 1. The van der Waals surface area contributed by atoms with Crippen LogP contribution in [-0.2, 0) is 19.2 Å². The second-order valence-corrected chi connectivity index (χ2v) is 12.3. The lowest BCUT2D eigenvalue weighted by molar-refractivity contribution is -0.145. The SMILES string of the molecule is C#C[C@@]1(O)CC[C@H]2[C@H]3CCC4=CC(=NOCC(=O)N[C@H](C(=O)OC)c5ccccc5)CC[C@]4(C)[C@H]3CC[C@]21C. The summed E-state index contributed by atoms with van der Waals surface area (Å²) in [5, 5.41) is 18.2. The number of oxime groups is 1. The Hall–Kier alpha value is -3.11. The Kier molecular flexibility index (Phi) is 7.37. The number of aliphatic hydroxyl groups is 1. The predicted molar refractivity (Wildman–Crippen MR) is 148 cm³/mol. The summed E-state index contributed by atoms with van der Waals surface area (Å²) < 4.78 is 4.86. The summed E-state index contributed by atoms with van der Waals surface area (Å²) in [5.74, 6) is 3.41. The Morgan fingerprint density at radius 1 is 1.13 bits per heavy atom. The fraction of sp³-hybridized carbons (Fsp3) is 0.594. The molecule has 7 heteroatoms. The highest BCUT2D eigenvalue weighted by molar-refractivity contribution is 5.96. The number of amides is 1. The topological polar surface area (TPSA) is 97.2 Å². The maximum absolute atomic E-state index is 12.6. The Morgan fingerprint density at radius 2 is 1.87 bits per heavy atom. The molecule has 7 nitrogen and oxygen atoms in total. The van der Waals surface area contributed by atoms with Crippen LogP contribution in [0, 0.1) is 40.9 Å². The van der Waals surface area contributed by atoms with E-state index in [0.29, 0.717) is 29.7 Å². The predicted octanol–water partition coefficient (Wildman–Crippen LogP) is 4.72. The standard InChI is InChI=1S/C32H40N2O5/c1-5-32(37)18-15-26-24-12-11-22-19-23(13-16-30(22,2)25(24)14-17-31(26,32)3)34-39-20-27(35)33-28(29(36)38-4)21-9-7-6-8-10-21/h1,6-10,19,24-26,28,37H,11-18,20H2,2-4H3,(H,33,35)/t24-,25-,26-,28-,30-,31+,32+/m0/s1. The van der Waals surface area contributed by atoms with Crippen molar-refractivity contribution in [1.29, 1.82) is 0 Å². The molecule has 7 atom stereocenters. The van der Waals surface area contributed by atoms with Gasteiger partial charge in [-0.05, 0) is 86.2 Å². The van der Waals surface area contributed by atoms with Crippen molar-refractivity contribution in [2.75, 3.05) is 13.7 Å². The van der Waals surface area contributed by atoms with E-state index in [-0.39, 0.29) is 17.4 Å². The van der Waals surface area contributed by atoms with Gasteiger partial charge >= 0.3 is 5.97 Å². The van der Waals surface area contributed by atoms with Gasteiger partial charge in [0.1, 0.15) is 5.60 Å². The molecule has 0 heterocycles. The van der Waals surface area contributed by atoms with E-state index in [9.17, 15) is 14.7 Å². The van der Waals surface area contributed by atoms with Gasteiger partial charge < -0.3 is 20.0 Å². The van der Waals surface area contributed by atoms with E-state index < -0.39 is 23.5 Å². The summed E-state index contributed by atoms with van der Waals surface area (Å²) in [6, 6.07) is 8.06. The number of fused-ring (bicyclic) bond motifs is 5. The molecule has 208 valence electrons. The minimum atomic E-state index is -0.979. The number of hydrogen-bond acceptors (Lipinski definition) is 6. The molecule has 39 heavy (non-hydrogen) atoms. The molecule has 0 radical (unpaired) electrons. The van der Waals surface area contributed by atoms with Crippen LogP contribution in [-0.4, -0.2) is 42.0 Å². The molecule has 2 N–H and O–H groups in total. The van der Waals surface area contributed by atoms with Gasteiger partial charge in [0.05, 0.1) is 12.8 Å². The number of carbonyl (C=O) groups is 2. The minimum Gasteiger partial charge on any atom is -0.467 e. The van der Waals surface area contributed by atoms with Crippen LogP contribution in [0.15, 0.2) is 47.1 Å². The number of nitrogens with one attached hydrogen (secondary N) is 1. The molecule has 3 fully saturated rings. The summed E-state index contributed by atoms with van der Waals surface area (Å²) in [6.07, 6.45) is 15.7. The lowest BCUT2D eigenvalue weighted by Gasteiger charge is -2.58. The Balaban J connectivity index is 1.22. The molecule has 0 unspecified atom stereocenters. The molecular formula is C32H40N2O5. The molecule has 0 aliphatic heterocycles. The van der Waals surface area contributed by atoms with Gasteiger partial charge in [0, 0.05) is 5.41 Å². The van der Waals surface area contributed by atoms with Crippen LogP contribution in [0.5, 0.6) is 0 Å². The molecular weight excluding hydrogens is 492 g/mol. The molecule has 1 aromatic carbocycles. The van der Waals surface area contributed by atoms with Gasteiger partial charge in [-0.15, -0.1) is 6.42 Å². The van der Waals surface area contributed by atoms with Crippen LogP contribution in [0.1, 0.15) is 76.8 Å². The van der Waals surface area contributed by atoms with Crippen molar-refractivity contribution in [3.63, 3.8) is 0 Å². The van der Waals surface area contributed by atoms with Crippen molar-refractivity contribution in [2.24, 2.45) is 33.7 Å². The quantitative estimate of drug-likeness (QED) is 0.314. The number of carbonyl (C=O) groups excluding carboxylic acids is 2. The molecule has 4 aliphatic rings. The molecule has 3 saturated carbocycles. The smallest absolute Gasteiger partial charge is 0.333 e. The number of esters is 1. The first-order valence-corrected chi connectivity index (χ1v) is 14.2. The lowest BCUT2D eigenvalue weighted by atomic mass is 9.46. The second kappa shape index (κ2) is 10.5. The van der Waals surface area contributed by atoms with Crippen LogP contribution in [0.3, 0.4) is 0 Å². The first kappa shape index (κ1) is 27.5. The maximum Gasteiger partial charge on any atom is 0.333 e. The monoisotopic (exact) mass is 532 g/mol. The second-order valence-electron chi connectivity index (χ2n) is 12.3. The van der Waals surface area contributed by atoms with Crippen LogP contribution < -0.4 is 5.32 Å². The highest BCUT2D eigenvalue weighted by atomic mass is 16.6. The zero-order valence-corrected chi connectivity index (χ0v) is 23.2. The molecule has 5 rings (SSSR count). The van der Waals surface area contributed by atoms with Crippen LogP contribution in [0.25, 0.3) is 0 Å². The van der Waals surface area contributed by atoms with Gasteiger partial charge in [0.2, 0.25) is 0 Å². The Labute approximate surface area is 231 Å². The third-order valence-corrected chi connectivity index (χ3v) is 10.6. The van der Waals surface area contributed by atoms with Gasteiger partial charge in [0.15, 0.2) is 12.6 Å². The number of benzene rings is 1. The van der Waals surface area contributed by atoms with Crippen LogP contribution >= 0.6 is 0 Å². The van der Waals surface area contributed by atoms with E-state index in [0.717, 1.165) is 50.7 Å². The lowest BCUT2D eigenvalue weighted by Crippen LogP contribution is -2.54. The third kappa shape index (κ3) is 4.67. The number of methoxy groups -OCH3 is 1. The average molecular weight is 533 g/mol. The largest absolute Gasteiger partial charge is 0.467 e. The first-order chi connectivity index (χ1) is 18.6. The Morgan fingerprint density at radius 3 is 2.59 bits per heavy atom. The number of hydrogen-bond donors (Lipinski definition) is 2. The number of rotatable bonds is 6. The van der Waals surface area contributed by atoms with Crippen molar-refractivity contribution in [2.45, 2.75) is 76.9 Å². The van der Waals surface area contributed by atoms with Gasteiger partial charge in [0.25, 0.3) is 5.91 Å². The van der Waals surface area contributed by atoms with Crippen molar-refractivity contribution in [3.8, 4) is 12.3 Å². The van der Waals surface area contributed by atoms with Crippen molar-refractivity contribution in [1.82, 2.24) is 5.32 Å². The van der Waals surface area contributed by atoms with Crippen LogP contribution in [0.2, 0.25) is 0 Å². The molecule has 0 spiro atoms. The normalized spacial score (nSPS) is 36.8. The summed E-state index contributed by atoms with van der Waals surface area (Å²) in [4.78, 5) is 30.2. The van der Waals surface area contributed by atoms with Gasteiger partial charge in [-0.25, -0.2) is 4.79 Å². The number of ether oxygens (including phenoxy) is 1. The average Bonchev–Trinajstić information content (AvgIpc) is 3.22. The van der Waals surface area contributed by atoms with E-state index in [1.54, 1.807) is 24.3 Å². The molecule has 0 saturated heterocycles. The number of allylic oxidation sites excluding steroid dienone is 2. The summed E-state index contributed by atoms with van der Waals surface area (Å²) in [5.41, 5.74) is 1.86. The molecule has 1 amide bonds. The van der Waals surface area contributed by atoms with Crippen molar-refractivity contribution >= 4 is 17.6 Å². The van der Waals surface area contributed by atoms with Gasteiger partial charge in [-0.3, -0.25) is 4.79 Å². The van der Waals surface area contributed by atoms with E-state index in [4.69, 9.17) is 16.0 Å². The fourth-order valence-electron chi connectivity index (χ4n) is 8.31. The highest BCUT2D eigenvalue weighted by Gasteiger charge is 2.63. The summed E-state index contributed by atoms with van der Waals surface area (Å²) >= 11 is 0. The third-order valence-electron chi connectivity index (χ3n) is 10.6. The highest BCUT2D eigenvalue weighted by Crippen LogP contribution is 2.67. The van der Waals surface area contributed by atoms with E-state index in [1.165, 1.54) is 12.7 Å². The van der Waals surface area contributed by atoms with E-state index in [2.05, 4.69) is 36.3 Å². The summed E-state index contributed by atoms with van der Waals surface area (Å²) in [7, 11) is 1.29. The minimum absolute atomic E-state index is 0.112. The van der Waals surface area contributed by atoms with Crippen molar-refractivity contribution < 1.29 is 24.3 Å². The van der Waals surface area contributed by atoms with Crippen LogP contribution in [0.4, 0.5) is 0 Å². The molecule has 1 aromatic rings. The zero-order valence-electron chi connectivity index (χ0n) is 23.2. The first-order valence-electron chi connectivity index (χ1n) is 14.2. The maximum atomic E-state index is 12.6. The number of nitrogens with zero attached hydrogens (tertiary/aromatic N) is 1. The van der Waals surface area contributed by atoms with Gasteiger partial charge in [-0.1, -0.05) is 60.8 Å².